The number of hydrogen-bond acceptors (Lipinski definition) is 3. The summed E-state index contributed by atoms with van der Waals surface area (Å²) in [5.41, 5.74) is -0.692. The smallest absolute Gasteiger partial charge is 0.184 e. The Morgan fingerprint density at radius 1 is 1.00 bits per heavy atom. The van der Waals surface area contributed by atoms with Gasteiger partial charge < -0.3 is 9.53 Å². The predicted octanol–water partition coefficient (Wildman–Crippen LogP) is 5.32. The highest BCUT2D eigenvalue weighted by molar-refractivity contribution is 6.69. The number of carbonyl (C=O) groups is 1. The molecular formula is C24H40O3Si. The van der Waals surface area contributed by atoms with Crippen molar-refractivity contribution in [3.8, 4) is 0 Å². The van der Waals surface area contributed by atoms with Crippen molar-refractivity contribution in [1.82, 2.24) is 0 Å². The van der Waals surface area contributed by atoms with E-state index in [9.17, 15) is 9.90 Å². The predicted molar refractivity (Wildman–Crippen MR) is 113 cm³/mol. The van der Waals surface area contributed by atoms with Gasteiger partial charge in [-0.3, -0.25) is 4.79 Å². The summed E-state index contributed by atoms with van der Waals surface area (Å²) < 4.78 is 6.79. The first-order valence-electron chi connectivity index (χ1n) is 11.9. The molecule has 0 bridgehead atoms. The zero-order valence-corrected chi connectivity index (χ0v) is 19.6. The minimum Gasteiger partial charge on any atom is -0.412 e. The van der Waals surface area contributed by atoms with Crippen LogP contribution in [0.3, 0.4) is 0 Å². The van der Waals surface area contributed by atoms with E-state index >= 15 is 0 Å². The fourth-order valence-electron chi connectivity index (χ4n) is 8.90. The summed E-state index contributed by atoms with van der Waals surface area (Å²) in [7, 11) is -1.64. The van der Waals surface area contributed by atoms with Gasteiger partial charge in [0.05, 0.1) is 11.2 Å². The second-order valence-corrected chi connectivity index (χ2v) is 17.1. The molecule has 1 unspecified atom stereocenters. The van der Waals surface area contributed by atoms with Gasteiger partial charge in [0.15, 0.2) is 8.32 Å². The Bertz CT molecular complexity index is 700. The highest BCUT2D eigenvalue weighted by Crippen LogP contribution is 2.71. The summed E-state index contributed by atoms with van der Waals surface area (Å²) in [6.07, 6.45) is 10.5. The number of carbonyl (C=O) groups excluding carboxylic acids is 1. The summed E-state index contributed by atoms with van der Waals surface area (Å²) in [5, 5.41) is 12.1. The lowest BCUT2D eigenvalue weighted by Gasteiger charge is -2.70. The summed E-state index contributed by atoms with van der Waals surface area (Å²) >= 11 is 0. The van der Waals surface area contributed by atoms with E-state index in [1.54, 1.807) is 0 Å². The van der Waals surface area contributed by atoms with Gasteiger partial charge in [0.25, 0.3) is 0 Å². The second-order valence-electron chi connectivity index (χ2n) is 12.7. The number of ketones is 1. The molecular weight excluding hydrogens is 364 g/mol. The Morgan fingerprint density at radius 3 is 2.39 bits per heavy atom. The molecule has 5 fully saturated rings. The Labute approximate surface area is 172 Å². The van der Waals surface area contributed by atoms with Crippen molar-refractivity contribution in [3.05, 3.63) is 0 Å². The number of hydrogen-bond donors (Lipinski definition) is 1. The van der Waals surface area contributed by atoms with E-state index in [2.05, 4.69) is 33.5 Å². The Morgan fingerprint density at radius 2 is 1.75 bits per heavy atom. The van der Waals surface area contributed by atoms with E-state index in [1.807, 2.05) is 0 Å². The molecule has 5 saturated carbocycles. The van der Waals surface area contributed by atoms with Gasteiger partial charge in [-0.25, -0.2) is 0 Å². The van der Waals surface area contributed by atoms with Crippen molar-refractivity contribution >= 4 is 14.1 Å². The lowest BCUT2D eigenvalue weighted by Crippen LogP contribution is -2.71. The maximum absolute atomic E-state index is 12.6. The van der Waals surface area contributed by atoms with E-state index in [0.29, 0.717) is 29.5 Å². The molecule has 1 N–H and O–H groups in total. The van der Waals surface area contributed by atoms with E-state index < -0.39 is 13.9 Å². The third-order valence-electron chi connectivity index (χ3n) is 10.4. The highest BCUT2D eigenvalue weighted by Gasteiger charge is 2.70. The van der Waals surface area contributed by atoms with Crippen molar-refractivity contribution in [2.45, 2.75) is 109 Å². The molecule has 8 atom stereocenters. The van der Waals surface area contributed by atoms with Crippen LogP contribution in [0.15, 0.2) is 0 Å². The van der Waals surface area contributed by atoms with Crippen molar-refractivity contribution in [2.75, 3.05) is 0 Å². The molecule has 0 aromatic heterocycles. The fraction of sp³-hybridized carbons (Fsp3) is 0.958. The summed E-state index contributed by atoms with van der Waals surface area (Å²) in [4.78, 5) is 12.6. The minimum absolute atomic E-state index is 0.000269. The largest absolute Gasteiger partial charge is 0.412 e. The molecule has 0 aromatic carbocycles. The first-order valence-corrected chi connectivity index (χ1v) is 15.3. The number of rotatable bonds is 2. The molecule has 158 valence electrons. The van der Waals surface area contributed by atoms with Crippen LogP contribution < -0.4 is 0 Å². The van der Waals surface area contributed by atoms with Crippen LogP contribution in [0.5, 0.6) is 0 Å². The lowest BCUT2D eigenvalue weighted by molar-refractivity contribution is -0.271. The van der Waals surface area contributed by atoms with Gasteiger partial charge in [-0.1, -0.05) is 13.8 Å². The molecule has 0 aliphatic heterocycles. The van der Waals surface area contributed by atoms with Crippen LogP contribution in [0.2, 0.25) is 19.6 Å². The maximum atomic E-state index is 12.6. The average Bonchev–Trinajstić information content (AvgIpc) is 2.88. The van der Waals surface area contributed by atoms with E-state index in [0.717, 1.165) is 57.8 Å². The molecule has 0 radical (unpaired) electrons. The Hall–Kier alpha value is -0.193. The Balaban J connectivity index is 1.46. The molecule has 0 aromatic rings. The SMILES string of the molecule is C[C@]12CC[C@H]3[C@@H](CC[C@]4(O)C[C@]5(O[Si](C)(C)C)CCC5C[C@]34C)[C@@H]1CCC2=O. The van der Waals surface area contributed by atoms with Gasteiger partial charge in [0, 0.05) is 18.3 Å². The van der Waals surface area contributed by atoms with Gasteiger partial charge >= 0.3 is 0 Å². The average molecular weight is 405 g/mol. The van der Waals surface area contributed by atoms with Gasteiger partial charge in [-0.05, 0) is 100 Å². The van der Waals surface area contributed by atoms with Crippen LogP contribution in [0, 0.1) is 34.5 Å². The van der Waals surface area contributed by atoms with E-state index in [4.69, 9.17) is 4.43 Å². The van der Waals surface area contributed by atoms with Crippen molar-refractivity contribution in [1.29, 1.82) is 0 Å². The number of fused-ring (bicyclic) bond motifs is 6. The quantitative estimate of drug-likeness (QED) is 0.633. The maximum Gasteiger partial charge on any atom is 0.184 e. The fourth-order valence-corrected chi connectivity index (χ4v) is 10.5. The standard InChI is InChI=1S/C24H40O3Si/c1-21-11-10-19-17(18(21)6-7-20(21)25)9-13-24(26)15-23(27-28(3,4)5)12-8-16(23)14-22(19,24)2/h16-19,26H,6-15H2,1-5H3/t16?,17-,18-,19-,21-,22+,23+,24-/m0/s1. The van der Waals surface area contributed by atoms with Crippen LogP contribution in [0.25, 0.3) is 0 Å². The van der Waals surface area contributed by atoms with Crippen LogP contribution in [0.1, 0.15) is 78.1 Å². The summed E-state index contributed by atoms with van der Waals surface area (Å²) in [6.45, 7) is 11.6. The first-order chi connectivity index (χ1) is 12.9. The van der Waals surface area contributed by atoms with Gasteiger partial charge in [-0.15, -0.1) is 0 Å². The molecule has 3 nitrogen and oxygen atoms in total. The van der Waals surface area contributed by atoms with Crippen LogP contribution >= 0.6 is 0 Å². The second kappa shape index (κ2) is 5.73. The monoisotopic (exact) mass is 404 g/mol. The number of aliphatic hydroxyl groups is 1. The molecule has 5 aliphatic rings. The van der Waals surface area contributed by atoms with Crippen LogP contribution in [-0.2, 0) is 9.22 Å². The van der Waals surface area contributed by atoms with E-state index in [1.165, 1.54) is 6.42 Å². The summed E-state index contributed by atoms with van der Waals surface area (Å²) in [5.74, 6) is 2.93. The normalized spacial score (nSPS) is 55.6. The summed E-state index contributed by atoms with van der Waals surface area (Å²) in [6, 6.07) is 0. The van der Waals surface area contributed by atoms with Crippen molar-refractivity contribution in [3.63, 3.8) is 0 Å². The lowest BCUT2D eigenvalue weighted by atomic mass is 9.39. The Kier molecular flexibility index (Phi) is 4.04. The zero-order valence-electron chi connectivity index (χ0n) is 18.6. The molecule has 0 amide bonds. The van der Waals surface area contributed by atoms with Gasteiger partial charge in [0.1, 0.15) is 5.78 Å². The zero-order chi connectivity index (χ0) is 20.2. The molecule has 5 rings (SSSR count). The molecule has 0 heterocycles. The van der Waals surface area contributed by atoms with E-state index in [-0.39, 0.29) is 16.4 Å². The van der Waals surface area contributed by atoms with Crippen molar-refractivity contribution < 1.29 is 14.3 Å². The number of Topliss-reactive ketones (excluding diaryl/α,β-unsaturated/α-hetero) is 1. The molecule has 5 aliphatic carbocycles. The van der Waals surface area contributed by atoms with Gasteiger partial charge in [-0.2, -0.15) is 0 Å². The van der Waals surface area contributed by atoms with Crippen LogP contribution in [0.4, 0.5) is 0 Å². The van der Waals surface area contributed by atoms with Crippen LogP contribution in [-0.4, -0.2) is 30.4 Å². The third-order valence-corrected chi connectivity index (χ3v) is 11.4. The minimum atomic E-state index is -1.64. The molecule has 0 spiro atoms. The highest BCUT2D eigenvalue weighted by atomic mass is 28.4. The third kappa shape index (κ3) is 2.43. The topological polar surface area (TPSA) is 46.5 Å². The van der Waals surface area contributed by atoms with Crippen molar-refractivity contribution in [2.24, 2.45) is 34.5 Å². The molecule has 4 heteroatoms. The molecule has 0 saturated heterocycles. The molecule has 28 heavy (non-hydrogen) atoms. The van der Waals surface area contributed by atoms with Gasteiger partial charge in [0.2, 0.25) is 0 Å². The first kappa shape index (κ1) is 19.8.